The predicted octanol–water partition coefficient (Wildman–Crippen LogP) is 2.74. The van der Waals surface area contributed by atoms with E-state index in [0.717, 1.165) is 6.42 Å². The third kappa shape index (κ3) is 3.46. The average Bonchev–Trinajstić information content (AvgIpc) is 2.29. The van der Waals surface area contributed by atoms with Gasteiger partial charge in [0.1, 0.15) is 0 Å². The summed E-state index contributed by atoms with van der Waals surface area (Å²) < 4.78 is 9.93. The second kappa shape index (κ2) is 5.86. The minimum atomic E-state index is -0.405. The maximum absolute atomic E-state index is 11.5. The van der Waals surface area contributed by atoms with E-state index in [1.807, 2.05) is 13.0 Å². The molecule has 0 saturated heterocycles. The van der Waals surface area contributed by atoms with Crippen molar-refractivity contribution in [3.05, 3.63) is 47.9 Å². The van der Waals surface area contributed by atoms with Gasteiger partial charge in [0.15, 0.2) is 0 Å². The Morgan fingerprint density at radius 1 is 1.33 bits per heavy atom. The molecule has 80 valence electrons. The first-order valence-electron chi connectivity index (χ1n) is 4.79. The van der Waals surface area contributed by atoms with Gasteiger partial charge in [0, 0.05) is 0 Å². The molecular formula is C12H14O3. The molecule has 0 aliphatic heterocycles. The van der Waals surface area contributed by atoms with Gasteiger partial charge in [-0.2, -0.15) is 0 Å². The maximum Gasteiger partial charge on any atom is 0.345 e. The predicted molar refractivity (Wildman–Crippen MR) is 57.2 cm³/mol. The zero-order valence-corrected chi connectivity index (χ0v) is 8.90. The lowest BCUT2D eigenvalue weighted by atomic mass is 10.2. The van der Waals surface area contributed by atoms with Gasteiger partial charge in [-0.05, 0) is 24.6 Å². The largest absolute Gasteiger partial charge is 0.469 e. The topological polar surface area (TPSA) is 35.5 Å². The highest BCUT2D eigenvalue weighted by molar-refractivity contribution is 5.89. The van der Waals surface area contributed by atoms with Crippen LogP contribution in [0, 0.1) is 0 Å². The molecule has 0 amide bonds. The summed E-state index contributed by atoms with van der Waals surface area (Å²) in [5, 5.41) is 0. The second-order valence-corrected chi connectivity index (χ2v) is 2.89. The van der Waals surface area contributed by atoms with Gasteiger partial charge in [-0.1, -0.05) is 25.1 Å². The van der Waals surface area contributed by atoms with E-state index in [0.29, 0.717) is 5.56 Å². The fraction of sp³-hybridized carbons (Fsp3) is 0.250. The molecule has 3 heteroatoms. The van der Waals surface area contributed by atoms with E-state index >= 15 is 0 Å². The molecule has 1 aromatic carbocycles. The van der Waals surface area contributed by atoms with Crippen LogP contribution in [0.3, 0.4) is 0 Å². The van der Waals surface area contributed by atoms with Crippen molar-refractivity contribution < 1.29 is 14.3 Å². The number of allylic oxidation sites excluding steroid dienone is 1. The fourth-order valence-corrected chi connectivity index (χ4v) is 1.06. The number of carbonyl (C=O) groups is 1. The molecule has 0 radical (unpaired) electrons. The Morgan fingerprint density at radius 3 is 2.53 bits per heavy atom. The summed E-state index contributed by atoms with van der Waals surface area (Å²) in [5.74, 6) is -0.163. The Morgan fingerprint density at radius 2 is 2.00 bits per heavy atom. The van der Waals surface area contributed by atoms with Crippen LogP contribution in [-0.4, -0.2) is 13.1 Å². The van der Waals surface area contributed by atoms with E-state index in [1.54, 1.807) is 30.3 Å². The molecule has 0 N–H and O–H groups in total. The van der Waals surface area contributed by atoms with Crippen LogP contribution in [-0.2, 0) is 9.47 Å². The molecule has 0 atom stereocenters. The van der Waals surface area contributed by atoms with Gasteiger partial charge in [0.05, 0.1) is 12.7 Å². The minimum absolute atomic E-state index is 0.242. The summed E-state index contributed by atoms with van der Waals surface area (Å²) in [6.45, 7) is 1.94. The van der Waals surface area contributed by atoms with Crippen molar-refractivity contribution in [1.82, 2.24) is 0 Å². The summed E-state index contributed by atoms with van der Waals surface area (Å²) in [6.07, 6.45) is 2.46. The standard InChI is InChI=1S/C12H14O3/c1-3-7-11(14-2)15-12(13)10-8-5-4-6-9-10/h4-9H,3H2,1-2H3. The van der Waals surface area contributed by atoms with Gasteiger partial charge in [-0.3, -0.25) is 0 Å². The third-order valence-corrected chi connectivity index (χ3v) is 1.77. The molecule has 0 aliphatic carbocycles. The minimum Gasteiger partial charge on any atom is -0.469 e. The number of rotatable bonds is 4. The lowest BCUT2D eigenvalue weighted by Crippen LogP contribution is -2.05. The van der Waals surface area contributed by atoms with Crippen LogP contribution in [0.5, 0.6) is 0 Å². The van der Waals surface area contributed by atoms with Gasteiger partial charge in [-0.25, -0.2) is 4.79 Å². The van der Waals surface area contributed by atoms with E-state index < -0.39 is 5.97 Å². The van der Waals surface area contributed by atoms with Gasteiger partial charge < -0.3 is 9.47 Å². The summed E-state index contributed by atoms with van der Waals surface area (Å²) in [4.78, 5) is 11.5. The molecule has 0 fully saturated rings. The first-order valence-corrected chi connectivity index (χ1v) is 4.79. The SMILES string of the molecule is CCC=C(OC)OC(=O)c1ccccc1. The number of hydrogen-bond donors (Lipinski definition) is 0. The van der Waals surface area contributed by atoms with Crippen LogP contribution >= 0.6 is 0 Å². The van der Waals surface area contributed by atoms with E-state index in [9.17, 15) is 4.79 Å². The molecule has 15 heavy (non-hydrogen) atoms. The lowest BCUT2D eigenvalue weighted by Gasteiger charge is -2.06. The quantitative estimate of drug-likeness (QED) is 0.561. The van der Waals surface area contributed by atoms with Crippen molar-refractivity contribution >= 4 is 5.97 Å². The van der Waals surface area contributed by atoms with E-state index in [-0.39, 0.29) is 5.95 Å². The van der Waals surface area contributed by atoms with Crippen molar-refractivity contribution in [3.63, 3.8) is 0 Å². The van der Waals surface area contributed by atoms with Crippen molar-refractivity contribution in [1.29, 1.82) is 0 Å². The molecule has 1 rings (SSSR count). The molecule has 0 unspecified atom stereocenters. The van der Waals surface area contributed by atoms with Crippen LogP contribution in [0.15, 0.2) is 42.4 Å². The van der Waals surface area contributed by atoms with Crippen LogP contribution in [0.1, 0.15) is 23.7 Å². The molecule has 0 bridgehead atoms. The fourth-order valence-electron chi connectivity index (χ4n) is 1.06. The van der Waals surface area contributed by atoms with Crippen molar-refractivity contribution in [3.8, 4) is 0 Å². The Labute approximate surface area is 89.3 Å². The van der Waals surface area contributed by atoms with Gasteiger partial charge in [-0.15, -0.1) is 0 Å². The molecule has 3 nitrogen and oxygen atoms in total. The van der Waals surface area contributed by atoms with E-state index in [1.165, 1.54) is 7.11 Å². The highest BCUT2D eigenvalue weighted by Crippen LogP contribution is 2.07. The maximum atomic E-state index is 11.5. The Balaban J connectivity index is 2.67. The lowest BCUT2D eigenvalue weighted by molar-refractivity contribution is 0.0358. The third-order valence-electron chi connectivity index (χ3n) is 1.77. The zero-order valence-electron chi connectivity index (χ0n) is 8.90. The summed E-state index contributed by atoms with van der Waals surface area (Å²) in [5.41, 5.74) is 0.511. The Bertz CT molecular complexity index is 341. The first kappa shape index (κ1) is 11.3. The molecular weight excluding hydrogens is 192 g/mol. The highest BCUT2D eigenvalue weighted by atomic mass is 16.7. The van der Waals surface area contributed by atoms with Crippen LogP contribution in [0.25, 0.3) is 0 Å². The normalized spacial score (nSPS) is 10.9. The van der Waals surface area contributed by atoms with Crippen LogP contribution < -0.4 is 0 Å². The molecule has 0 saturated carbocycles. The molecule has 0 spiro atoms. The van der Waals surface area contributed by atoms with Crippen molar-refractivity contribution in [2.75, 3.05) is 7.11 Å². The number of esters is 1. The second-order valence-electron chi connectivity index (χ2n) is 2.89. The molecule has 0 heterocycles. The Kier molecular flexibility index (Phi) is 4.41. The molecule has 0 aliphatic rings. The number of hydrogen-bond acceptors (Lipinski definition) is 3. The number of methoxy groups -OCH3 is 1. The summed E-state index contributed by atoms with van der Waals surface area (Å²) in [7, 11) is 1.47. The number of carbonyl (C=O) groups excluding carboxylic acids is 1. The first-order chi connectivity index (χ1) is 7.27. The van der Waals surface area contributed by atoms with Crippen molar-refractivity contribution in [2.24, 2.45) is 0 Å². The monoisotopic (exact) mass is 206 g/mol. The number of benzene rings is 1. The van der Waals surface area contributed by atoms with Crippen LogP contribution in [0.4, 0.5) is 0 Å². The van der Waals surface area contributed by atoms with Crippen LogP contribution in [0.2, 0.25) is 0 Å². The van der Waals surface area contributed by atoms with Gasteiger partial charge in [0.2, 0.25) is 0 Å². The average molecular weight is 206 g/mol. The smallest absolute Gasteiger partial charge is 0.345 e. The summed E-state index contributed by atoms with van der Waals surface area (Å²) in [6, 6.07) is 8.80. The molecule has 1 aromatic rings. The van der Waals surface area contributed by atoms with Crippen molar-refractivity contribution in [2.45, 2.75) is 13.3 Å². The summed E-state index contributed by atoms with van der Waals surface area (Å²) >= 11 is 0. The number of ether oxygens (including phenoxy) is 2. The molecule has 0 aromatic heterocycles. The van der Waals surface area contributed by atoms with E-state index in [2.05, 4.69) is 0 Å². The highest BCUT2D eigenvalue weighted by Gasteiger charge is 2.08. The Hall–Kier alpha value is -1.77. The van der Waals surface area contributed by atoms with Gasteiger partial charge >= 0.3 is 5.97 Å². The van der Waals surface area contributed by atoms with E-state index in [4.69, 9.17) is 9.47 Å². The van der Waals surface area contributed by atoms with Gasteiger partial charge in [0.25, 0.3) is 5.95 Å². The zero-order chi connectivity index (χ0) is 11.1.